The molecule has 4 rings (SSSR count). The molecule has 0 atom stereocenters. The molecule has 1 aliphatic heterocycles. The fourth-order valence-electron chi connectivity index (χ4n) is 3.32. The van der Waals surface area contributed by atoms with Gasteiger partial charge >= 0.3 is 0 Å². The second-order valence-electron chi connectivity index (χ2n) is 6.61. The van der Waals surface area contributed by atoms with E-state index in [4.69, 9.17) is 9.15 Å². The topological polar surface area (TPSA) is 88.9 Å². The molecule has 0 saturated heterocycles. The summed E-state index contributed by atoms with van der Waals surface area (Å²) in [5, 5.41) is 3.55. The van der Waals surface area contributed by atoms with Gasteiger partial charge in [0, 0.05) is 31.0 Å². The van der Waals surface area contributed by atoms with Crippen LogP contribution in [0.1, 0.15) is 18.2 Å². The molecule has 2 aromatic carbocycles. The van der Waals surface area contributed by atoms with Crippen LogP contribution in [0.3, 0.4) is 0 Å². The maximum atomic E-state index is 13.1. The minimum atomic E-state index is -3.77. The number of furan rings is 1. The first-order valence-electron chi connectivity index (χ1n) is 8.92. The van der Waals surface area contributed by atoms with Crippen molar-refractivity contribution in [1.29, 1.82) is 0 Å². The molecule has 3 aromatic rings. The van der Waals surface area contributed by atoms with Crippen molar-refractivity contribution >= 4 is 32.6 Å². The molecule has 0 unspecified atom stereocenters. The van der Waals surface area contributed by atoms with Crippen LogP contribution in [0.5, 0.6) is 5.75 Å². The van der Waals surface area contributed by atoms with Crippen LogP contribution >= 0.6 is 0 Å². The Morgan fingerprint density at radius 1 is 1.18 bits per heavy atom. The Kier molecular flexibility index (Phi) is 4.60. The summed E-state index contributed by atoms with van der Waals surface area (Å²) in [4.78, 5) is 11.6. The Labute approximate surface area is 162 Å². The lowest BCUT2D eigenvalue weighted by Crippen LogP contribution is -2.28. The molecule has 2 heterocycles. The number of carbonyl (C=O) groups is 1. The molecule has 1 aliphatic rings. The molecule has 0 bridgehead atoms. The molecule has 0 radical (unpaired) electrons. The first-order chi connectivity index (χ1) is 13.4. The predicted molar refractivity (Wildman–Crippen MR) is 105 cm³/mol. The van der Waals surface area contributed by atoms with E-state index in [-0.39, 0.29) is 24.0 Å². The molecule has 0 spiro atoms. The van der Waals surface area contributed by atoms with Crippen LogP contribution in [0, 0.1) is 0 Å². The zero-order valence-electron chi connectivity index (χ0n) is 15.6. The quantitative estimate of drug-likeness (QED) is 0.711. The summed E-state index contributed by atoms with van der Waals surface area (Å²) in [6, 6.07) is 12.1. The number of fused-ring (bicyclic) bond motifs is 2. The van der Waals surface area contributed by atoms with Gasteiger partial charge in [0.25, 0.3) is 5.91 Å². The Bertz CT molecular complexity index is 1170. The van der Waals surface area contributed by atoms with Crippen molar-refractivity contribution in [2.24, 2.45) is 0 Å². The number of carbonyl (C=O) groups excluding carboxylic acids is 1. The number of amides is 1. The van der Waals surface area contributed by atoms with Gasteiger partial charge in [-0.25, -0.2) is 8.42 Å². The molecule has 1 aromatic heterocycles. The highest BCUT2D eigenvalue weighted by Crippen LogP contribution is 2.32. The summed E-state index contributed by atoms with van der Waals surface area (Å²) in [7, 11) is -2.24. The number of aryl methyl sites for hydroxylation is 1. The van der Waals surface area contributed by atoms with E-state index < -0.39 is 10.0 Å². The maximum absolute atomic E-state index is 13.1. The standard InChI is InChI=1S/C20H20N2O5S/c1-3-17-15(14-6-4-5-7-18(14)27-17)11-22(2)28(24,25)13-8-9-19-16(10-13)21-20(23)12-26-19/h4-10H,3,11-12H2,1-2H3,(H,21,23). The minimum absolute atomic E-state index is 0.0770. The lowest BCUT2D eigenvalue weighted by Gasteiger charge is -2.21. The Morgan fingerprint density at radius 3 is 2.75 bits per heavy atom. The number of rotatable bonds is 5. The molecule has 8 heteroatoms. The monoisotopic (exact) mass is 400 g/mol. The van der Waals surface area contributed by atoms with Gasteiger partial charge in [-0.3, -0.25) is 4.79 Å². The van der Waals surface area contributed by atoms with Gasteiger partial charge in [0.1, 0.15) is 17.1 Å². The zero-order valence-corrected chi connectivity index (χ0v) is 16.4. The number of hydrogen-bond donors (Lipinski definition) is 1. The van der Waals surface area contributed by atoms with E-state index in [0.29, 0.717) is 17.9 Å². The number of ether oxygens (including phenoxy) is 1. The first-order valence-corrected chi connectivity index (χ1v) is 10.4. The SMILES string of the molecule is CCc1oc2ccccc2c1CN(C)S(=O)(=O)c1ccc2c(c1)NC(=O)CO2. The molecule has 0 fully saturated rings. The van der Waals surface area contributed by atoms with Crippen molar-refractivity contribution in [3.63, 3.8) is 0 Å². The minimum Gasteiger partial charge on any atom is -0.482 e. The van der Waals surface area contributed by atoms with E-state index >= 15 is 0 Å². The molecule has 7 nitrogen and oxygen atoms in total. The van der Waals surface area contributed by atoms with Gasteiger partial charge in [0.2, 0.25) is 10.0 Å². The number of sulfonamides is 1. The fraction of sp³-hybridized carbons (Fsp3) is 0.250. The van der Waals surface area contributed by atoms with E-state index in [1.807, 2.05) is 31.2 Å². The molecule has 1 amide bonds. The maximum Gasteiger partial charge on any atom is 0.262 e. The molecular weight excluding hydrogens is 380 g/mol. The van der Waals surface area contributed by atoms with Gasteiger partial charge in [-0.2, -0.15) is 4.31 Å². The molecule has 0 saturated carbocycles. The average molecular weight is 400 g/mol. The zero-order chi connectivity index (χ0) is 19.9. The number of para-hydroxylation sites is 1. The van der Waals surface area contributed by atoms with Crippen LogP contribution in [-0.2, 0) is 27.8 Å². The first kappa shape index (κ1) is 18.5. The predicted octanol–water partition coefficient (Wildman–Crippen LogP) is 3.15. The Hall–Kier alpha value is -2.84. The number of anilines is 1. The highest BCUT2D eigenvalue weighted by atomic mass is 32.2. The summed E-state index contributed by atoms with van der Waals surface area (Å²) in [6.07, 6.45) is 0.667. The van der Waals surface area contributed by atoms with Crippen molar-refractivity contribution < 1.29 is 22.4 Å². The third-order valence-electron chi connectivity index (χ3n) is 4.78. The largest absolute Gasteiger partial charge is 0.482 e. The van der Waals surface area contributed by atoms with Gasteiger partial charge in [0.05, 0.1) is 10.6 Å². The van der Waals surface area contributed by atoms with E-state index in [0.717, 1.165) is 22.3 Å². The van der Waals surface area contributed by atoms with E-state index in [1.165, 1.54) is 23.5 Å². The Balaban J connectivity index is 1.68. The lowest BCUT2D eigenvalue weighted by molar-refractivity contribution is -0.118. The van der Waals surface area contributed by atoms with Gasteiger partial charge in [0.15, 0.2) is 6.61 Å². The smallest absolute Gasteiger partial charge is 0.262 e. The lowest BCUT2D eigenvalue weighted by atomic mass is 10.1. The number of nitrogens with one attached hydrogen (secondary N) is 1. The van der Waals surface area contributed by atoms with Crippen LogP contribution in [0.25, 0.3) is 11.0 Å². The van der Waals surface area contributed by atoms with E-state index in [9.17, 15) is 13.2 Å². The highest BCUT2D eigenvalue weighted by Gasteiger charge is 2.26. The second-order valence-corrected chi connectivity index (χ2v) is 8.65. The van der Waals surface area contributed by atoms with E-state index in [1.54, 1.807) is 6.07 Å². The van der Waals surface area contributed by atoms with Crippen LogP contribution in [0.4, 0.5) is 5.69 Å². The van der Waals surface area contributed by atoms with Crippen LogP contribution in [0.2, 0.25) is 0 Å². The van der Waals surface area contributed by atoms with Crippen LogP contribution < -0.4 is 10.1 Å². The van der Waals surface area contributed by atoms with Crippen molar-refractivity contribution in [3.8, 4) is 5.75 Å². The van der Waals surface area contributed by atoms with Gasteiger partial charge in [-0.1, -0.05) is 25.1 Å². The van der Waals surface area contributed by atoms with E-state index in [2.05, 4.69) is 5.32 Å². The number of hydrogen-bond acceptors (Lipinski definition) is 5. The van der Waals surface area contributed by atoms with Crippen molar-refractivity contribution in [3.05, 3.63) is 53.8 Å². The van der Waals surface area contributed by atoms with Crippen LogP contribution in [-0.4, -0.2) is 32.3 Å². The molecule has 1 N–H and O–H groups in total. The highest BCUT2D eigenvalue weighted by molar-refractivity contribution is 7.89. The van der Waals surface area contributed by atoms with Gasteiger partial charge < -0.3 is 14.5 Å². The normalized spacial score (nSPS) is 14.0. The summed E-state index contributed by atoms with van der Waals surface area (Å²) in [5.41, 5.74) is 1.96. The summed E-state index contributed by atoms with van der Waals surface area (Å²) < 4.78 is 38.7. The third-order valence-corrected chi connectivity index (χ3v) is 6.58. The summed E-state index contributed by atoms with van der Waals surface area (Å²) >= 11 is 0. The summed E-state index contributed by atoms with van der Waals surface area (Å²) in [6.45, 7) is 2.08. The molecule has 146 valence electrons. The Morgan fingerprint density at radius 2 is 1.96 bits per heavy atom. The molecular formula is C20H20N2O5S. The molecule has 0 aliphatic carbocycles. The van der Waals surface area contributed by atoms with Gasteiger partial charge in [-0.05, 0) is 24.3 Å². The summed E-state index contributed by atoms with van der Waals surface area (Å²) in [5.74, 6) is 0.914. The third kappa shape index (κ3) is 3.14. The fourth-order valence-corrected chi connectivity index (χ4v) is 4.48. The van der Waals surface area contributed by atoms with Crippen LogP contribution in [0.15, 0.2) is 51.8 Å². The average Bonchev–Trinajstić information content (AvgIpc) is 3.05. The van der Waals surface area contributed by atoms with Crippen molar-refractivity contribution in [2.75, 3.05) is 19.0 Å². The van der Waals surface area contributed by atoms with Crippen molar-refractivity contribution in [1.82, 2.24) is 4.31 Å². The molecule has 28 heavy (non-hydrogen) atoms. The second kappa shape index (κ2) is 6.96. The van der Waals surface area contributed by atoms with Gasteiger partial charge in [-0.15, -0.1) is 0 Å². The number of nitrogens with zero attached hydrogens (tertiary/aromatic N) is 1. The van der Waals surface area contributed by atoms with Crippen molar-refractivity contribution in [2.45, 2.75) is 24.8 Å². The number of benzene rings is 2.